The quantitative estimate of drug-likeness (QED) is 0.508. The number of hydrogen-bond acceptors (Lipinski definition) is 2. The van der Waals surface area contributed by atoms with E-state index in [1.54, 1.807) is 0 Å². The summed E-state index contributed by atoms with van der Waals surface area (Å²) in [5.41, 5.74) is 1.03. The van der Waals surface area contributed by atoms with E-state index in [4.69, 9.17) is 4.98 Å². The van der Waals surface area contributed by atoms with Crippen molar-refractivity contribution in [1.29, 1.82) is 0 Å². The molecule has 0 N–H and O–H groups in total. The molecule has 2 saturated carbocycles. The maximum atomic E-state index is 4.83. The summed E-state index contributed by atoms with van der Waals surface area (Å²) in [6, 6.07) is 0. The molecule has 0 radical (unpaired) electrons. The van der Waals surface area contributed by atoms with Crippen LogP contribution in [0.1, 0.15) is 98.5 Å². The average Bonchev–Trinajstić information content (AvgIpc) is 3.11. The van der Waals surface area contributed by atoms with Gasteiger partial charge in [-0.05, 0) is 25.0 Å². The van der Waals surface area contributed by atoms with Crippen LogP contribution in [0.5, 0.6) is 0 Å². The van der Waals surface area contributed by atoms with Crippen molar-refractivity contribution in [3.05, 3.63) is 28.7 Å². The number of aromatic nitrogens is 1. The summed E-state index contributed by atoms with van der Waals surface area (Å²) < 4.78 is 0. The van der Waals surface area contributed by atoms with Gasteiger partial charge in [-0.1, -0.05) is 89.0 Å². The van der Waals surface area contributed by atoms with E-state index in [0.717, 1.165) is 17.3 Å². The highest BCUT2D eigenvalue weighted by molar-refractivity contribution is 7.12. The Morgan fingerprint density at radius 2 is 1.40 bits per heavy atom. The van der Waals surface area contributed by atoms with E-state index in [0.29, 0.717) is 5.92 Å². The molecule has 2 fully saturated rings. The van der Waals surface area contributed by atoms with Crippen molar-refractivity contribution in [2.75, 3.05) is 0 Å². The van der Waals surface area contributed by atoms with Crippen LogP contribution < -0.4 is 0 Å². The number of rotatable bonds is 5. The van der Waals surface area contributed by atoms with Crippen LogP contribution in [0, 0.1) is 0 Å². The lowest BCUT2D eigenvalue weighted by atomic mass is 9.49. The van der Waals surface area contributed by atoms with Crippen LogP contribution in [0.2, 0.25) is 11.6 Å². The van der Waals surface area contributed by atoms with Gasteiger partial charge in [-0.25, -0.2) is 4.98 Å². The molecule has 1 nitrogen and oxygen atoms in total. The van der Waals surface area contributed by atoms with Gasteiger partial charge in [0.15, 0.2) is 0 Å². The summed E-state index contributed by atoms with van der Waals surface area (Å²) in [6.45, 7) is 7.81. The normalized spacial score (nSPS) is 26.2. The topological polar surface area (TPSA) is 12.9 Å². The van der Waals surface area contributed by atoms with Crippen molar-refractivity contribution in [1.82, 2.24) is 4.98 Å². The largest absolute Gasteiger partial charge is 0.241 e. The maximum Gasteiger partial charge on any atom is 0.127 e. The Kier molecular flexibility index (Phi) is 7.40. The highest BCUT2D eigenvalue weighted by Crippen LogP contribution is 2.42. The first-order valence-electron chi connectivity index (χ1n) is 10.6. The zero-order chi connectivity index (χ0) is 17.5. The second-order valence-electron chi connectivity index (χ2n) is 8.23. The fraction of sp³-hybridized carbons (Fsp3) is 0.682. The van der Waals surface area contributed by atoms with Crippen LogP contribution in [-0.4, -0.2) is 12.3 Å². The van der Waals surface area contributed by atoms with E-state index in [-0.39, 0.29) is 0 Å². The number of thiazole rings is 1. The molecule has 0 unspecified atom stereocenters. The summed E-state index contributed by atoms with van der Waals surface area (Å²) >= 11 is 1.83. The minimum atomic E-state index is 0.675. The molecule has 0 atom stereocenters. The first-order valence-corrected chi connectivity index (χ1v) is 11.4. The van der Waals surface area contributed by atoms with E-state index in [2.05, 4.69) is 13.2 Å². The highest BCUT2D eigenvalue weighted by atomic mass is 32.1. The average molecular weight is 355 g/mol. The van der Waals surface area contributed by atoms with Crippen LogP contribution in [0.25, 0.3) is 12.2 Å². The van der Waals surface area contributed by atoms with E-state index in [9.17, 15) is 0 Å². The van der Waals surface area contributed by atoms with Crippen molar-refractivity contribution in [3.63, 3.8) is 0 Å². The van der Waals surface area contributed by atoms with Crippen LogP contribution >= 0.6 is 11.3 Å². The van der Waals surface area contributed by atoms with Gasteiger partial charge in [-0.15, -0.1) is 11.3 Å². The molecular formula is C22H34BNS. The molecule has 0 aliphatic heterocycles. The molecule has 0 spiro atoms. The zero-order valence-corrected chi connectivity index (χ0v) is 16.7. The predicted molar refractivity (Wildman–Crippen MR) is 115 cm³/mol. The van der Waals surface area contributed by atoms with Crippen LogP contribution in [0.15, 0.2) is 13.2 Å². The summed E-state index contributed by atoms with van der Waals surface area (Å²) in [4.78, 5) is 6.02. The van der Waals surface area contributed by atoms with Crippen molar-refractivity contribution in [3.8, 4) is 0 Å². The Morgan fingerprint density at radius 3 is 1.96 bits per heavy atom. The minimum Gasteiger partial charge on any atom is -0.241 e. The van der Waals surface area contributed by atoms with Crippen molar-refractivity contribution < 1.29 is 0 Å². The summed E-state index contributed by atoms with van der Waals surface area (Å²) in [7, 11) is 1.50. The van der Waals surface area contributed by atoms with Gasteiger partial charge in [-0.2, -0.15) is 0 Å². The van der Waals surface area contributed by atoms with Crippen molar-refractivity contribution >= 4 is 30.8 Å². The smallest absolute Gasteiger partial charge is 0.127 e. The van der Waals surface area contributed by atoms with Gasteiger partial charge in [0.1, 0.15) is 7.28 Å². The van der Waals surface area contributed by atoms with Crippen LogP contribution in [0.4, 0.5) is 0 Å². The molecule has 1 aromatic heterocycles. The first-order chi connectivity index (χ1) is 12.3. The summed E-state index contributed by atoms with van der Waals surface area (Å²) in [5.74, 6) is 2.66. The third kappa shape index (κ3) is 5.32. The molecule has 2 aliphatic carbocycles. The molecule has 0 saturated heterocycles. The standard InChI is InChI=1S/C22H34BNS/c1-3-20-21(4-2)25-22(24-20)17-13-15-19(16-14-17)23-18-11-9-7-5-6-8-10-12-18/h3-4,17-19,23H,1-2,5-16H2. The number of hydrogen-bond donors (Lipinski definition) is 0. The van der Waals surface area contributed by atoms with E-state index < -0.39 is 0 Å². The third-order valence-electron chi connectivity index (χ3n) is 6.41. The van der Waals surface area contributed by atoms with Crippen LogP contribution in [-0.2, 0) is 0 Å². The predicted octanol–water partition coefficient (Wildman–Crippen LogP) is 7.23. The second kappa shape index (κ2) is 9.76. The Hall–Kier alpha value is -0.825. The maximum absolute atomic E-state index is 4.83. The molecular weight excluding hydrogens is 321 g/mol. The summed E-state index contributed by atoms with van der Waals surface area (Å²) in [5, 5.41) is 1.32. The molecule has 136 valence electrons. The van der Waals surface area contributed by atoms with Gasteiger partial charge in [0.05, 0.1) is 15.6 Å². The molecule has 25 heavy (non-hydrogen) atoms. The number of nitrogens with zero attached hydrogens (tertiary/aromatic N) is 1. The Bertz CT molecular complexity index is 521. The zero-order valence-electron chi connectivity index (χ0n) is 15.8. The van der Waals surface area contributed by atoms with Gasteiger partial charge >= 0.3 is 0 Å². The molecule has 3 heteroatoms. The highest BCUT2D eigenvalue weighted by Gasteiger charge is 2.27. The molecule has 1 aromatic rings. The van der Waals surface area contributed by atoms with Gasteiger partial charge in [0.2, 0.25) is 0 Å². The fourth-order valence-electron chi connectivity index (χ4n) is 4.90. The second-order valence-corrected chi connectivity index (χ2v) is 9.29. The first kappa shape index (κ1) is 19.0. The molecule has 2 aliphatic rings. The lowest BCUT2D eigenvalue weighted by molar-refractivity contribution is 0.435. The lowest BCUT2D eigenvalue weighted by Crippen LogP contribution is -2.17. The van der Waals surface area contributed by atoms with Gasteiger partial charge in [0, 0.05) is 5.92 Å². The van der Waals surface area contributed by atoms with Crippen LogP contribution in [0.3, 0.4) is 0 Å². The Balaban J connectivity index is 1.50. The monoisotopic (exact) mass is 355 g/mol. The lowest BCUT2D eigenvalue weighted by Gasteiger charge is -2.29. The SMILES string of the molecule is C=Cc1nc(C2CCC(BC3CCCCCCCC3)CC2)sc1C=C. The van der Waals surface area contributed by atoms with E-state index in [1.807, 2.05) is 23.5 Å². The Morgan fingerprint density at radius 1 is 0.800 bits per heavy atom. The van der Waals surface area contributed by atoms with Crippen molar-refractivity contribution in [2.45, 2.75) is 94.6 Å². The fourth-order valence-corrected chi connectivity index (χ4v) is 5.99. The Labute approximate surface area is 159 Å². The van der Waals surface area contributed by atoms with E-state index in [1.165, 1.54) is 94.2 Å². The third-order valence-corrected chi connectivity index (χ3v) is 7.64. The molecule has 0 aromatic carbocycles. The molecule has 3 rings (SSSR count). The summed E-state index contributed by atoms with van der Waals surface area (Å²) in [6.07, 6.45) is 21.2. The van der Waals surface area contributed by atoms with Gasteiger partial charge in [0.25, 0.3) is 0 Å². The van der Waals surface area contributed by atoms with Gasteiger partial charge < -0.3 is 0 Å². The molecule has 0 amide bonds. The molecule has 1 heterocycles. The molecule has 0 bridgehead atoms. The van der Waals surface area contributed by atoms with Crippen molar-refractivity contribution in [2.24, 2.45) is 0 Å². The minimum absolute atomic E-state index is 0.675. The van der Waals surface area contributed by atoms with E-state index >= 15 is 0 Å². The van der Waals surface area contributed by atoms with Gasteiger partial charge in [-0.3, -0.25) is 0 Å².